The van der Waals surface area contributed by atoms with Crippen LogP contribution in [0.3, 0.4) is 0 Å². The van der Waals surface area contributed by atoms with E-state index in [1.807, 2.05) is 24.3 Å². The van der Waals surface area contributed by atoms with Crippen LogP contribution in [0.2, 0.25) is 10.0 Å². The Morgan fingerprint density at radius 2 is 1.86 bits per heavy atom. The van der Waals surface area contributed by atoms with Gasteiger partial charge in [0.15, 0.2) is 5.78 Å². The van der Waals surface area contributed by atoms with E-state index in [9.17, 15) is 9.59 Å². The molecule has 2 aromatic rings. The summed E-state index contributed by atoms with van der Waals surface area (Å²) in [6, 6.07) is 12.2. The second kappa shape index (κ2) is 7.19. The second-order valence-corrected chi connectivity index (χ2v) is 9.28. The van der Waals surface area contributed by atoms with Crippen LogP contribution in [0.5, 0.6) is 0 Å². The molecule has 4 nitrogen and oxygen atoms in total. The summed E-state index contributed by atoms with van der Waals surface area (Å²) >= 11 is 12.7. The van der Waals surface area contributed by atoms with Gasteiger partial charge in [-0.3, -0.25) is 14.5 Å². The number of Topliss-reactive ketones (excluding diaryl/α,β-unsaturated/α-hetero) is 1. The van der Waals surface area contributed by atoms with Crippen LogP contribution in [0, 0.1) is 5.41 Å². The maximum atomic E-state index is 13.4. The zero-order chi connectivity index (χ0) is 20.9. The Hall–Kier alpha value is -2.30. The Morgan fingerprint density at radius 1 is 1.14 bits per heavy atom. The number of nitrogens with zero attached hydrogens (tertiary/aromatic N) is 1. The highest BCUT2D eigenvalue weighted by Gasteiger charge is 2.43. The van der Waals surface area contributed by atoms with Crippen LogP contribution in [0.15, 0.2) is 53.7 Å². The third-order valence-electron chi connectivity index (χ3n) is 5.50. The van der Waals surface area contributed by atoms with Crippen LogP contribution >= 0.6 is 23.2 Å². The molecular formula is C23H22Cl2N2O2. The largest absolute Gasteiger partial charge is 0.357 e. The Balaban J connectivity index is 2.04. The SMILES string of the molecule is CC(=O)N1c2ccccc2NC2=C(C(=O)CC(C)(C)C2)C1c1ccc(Cl)cc1Cl. The minimum absolute atomic E-state index is 0.0267. The summed E-state index contributed by atoms with van der Waals surface area (Å²) in [5.41, 5.74) is 3.48. The highest BCUT2D eigenvalue weighted by atomic mass is 35.5. The number of hydrogen-bond donors (Lipinski definition) is 1. The Kier molecular flexibility index (Phi) is 4.96. The number of ketones is 1. The van der Waals surface area contributed by atoms with Crippen LogP contribution in [0.4, 0.5) is 11.4 Å². The van der Waals surface area contributed by atoms with Gasteiger partial charge in [-0.1, -0.05) is 55.2 Å². The first-order valence-corrected chi connectivity index (χ1v) is 10.3. The predicted octanol–water partition coefficient (Wildman–Crippen LogP) is 6.16. The molecule has 1 aliphatic heterocycles. The molecule has 0 fully saturated rings. The summed E-state index contributed by atoms with van der Waals surface area (Å²) in [5.74, 6) is -0.138. The summed E-state index contributed by atoms with van der Waals surface area (Å²) in [4.78, 5) is 27.9. The summed E-state index contributed by atoms with van der Waals surface area (Å²) in [5, 5.41) is 4.39. The van der Waals surface area contributed by atoms with E-state index in [2.05, 4.69) is 19.2 Å². The van der Waals surface area contributed by atoms with Crippen LogP contribution < -0.4 is 10.2 Å². The standard InChI is InChI=1S/C23H22Cl2N2O2/c1-13(28)27-19-7-5-4-6-17(19)26-18-11-23(2,3)12-20(29)21(18)22(27)15-9-8-14(24)10-16(15)25/h4-10,22,26H,11-12H2,1-3H3. The molecule has 1 heterocycles. The molecule has 1 N–H and O–H groups in total. The number of amides is 1. The lowest BCUT2D eigenvalue weighted by Crippen LogP contribution is -2.38. The van der Waals surface area contributed by atoms with Crippen molar-refractivity contribution in [3.63, 3.8) is 0 Å². The number of benzene rings is 2. The zero-order valence-electron chi connectivity index (χ0n) is 16.6. The summed E-state index contributed by atoms with van der Waals surface area (Å²) in [6.07, 6.45) is 1.12. The highest BCUT2D eigenvalue weighted by Crippen LogP contribution is 2.49. The lowest BCUT2D eigenvalue weighted by molar-refractivity contribution is -0.118. The molecule has 1 atom stereocenters. The maximum absolute atomic E-state index is 13.4. The molecule has 29 heavy (non-hydrogen) atoms. The van der Waals surface area contributed by atoms with E-state index in [4.69, 9.17) is 23.2 Å². The number of carbonyl (C=O) groups excluding carboxylic acids is 2. The maximum Gasteiger partial charge on any atom is 0.224 e. The van der Waals surface area contributed by atoms with Crippen molar-refractivity contribution in [1.82, 2.24) is 0 Å². The molecule has 0 radical (unpaired) electrons. The molecule has 1 unspecified atom stereocenters. The van der Waals surface area contributed by atoms with Gasteiger partial charge in [0.25, 0.3) is 0 Å². The van der Waals surface area contributed by atoms with Gasteiger partial charge in [-0.15, -0.1) is 0 Å². The fraction of sp³-hybridized carbons (Fsp3) is 0.304. The topological polar surface area (TPSA) is 49.4 Å². The Labute approximate surface area is 180 Å². The molecule has 150 valence electrons. The third kappa shape index (κ3) is 3.56. The number of anilines is 2. The third-order valence-corrected chi connectivity index (χ3v) is 6.06. The van der Waals surface area contributed by atoms with Gasteiger partial charge in [0.05, 0.1) is 17.4 Å². The van der Waals surface area contributed by atoms with Gasteiger partial charge >= 0.3 is 0 Å². The van der Waals surface area contributed by atoms with Gasteiger partial charge in [-0.2, -0.15) is 0 Å². The van der Waals surface area contributed by atoms with Gasteiger partial charge in [0.2, 0.25) is 5.91 Å². The number of rotatable bonds is 1. The first-order valence-electron chi connectivity index (χ1n) is 9.55. The van der Waals surface area contributed by atoms with E-state index in [1.54, 1.807) is 23.1 Å². The average Bonchev–Trinajstić information content (AvgIpc) is 2.74. The number of hydrogen-bond acceptors (Lipinski definition) is 3. The first kappa shape index (κ1) is 20.0. The van der Waals surface area contributed by atoms with Crippen molar-refractivity contribution in [3.05, 3.63) is 69.3 Å². The van der Waals surface area contributed by atoms with Crippen molar-refractivity contribution in [2.24, 2.45) is 5.41 Å². The average molecular weight is 429 g/mol. The number of para-hydroxylation sites is 2. The number of allylic oxidation sites excluding steroid dienone is 1. The monoisotopic (exact) mass is 428 g/mol. The molecule has 2 aliphatic rings. The number of halogens is 2. The smallest absolute Gasteiger partial charge is 0.224 e. The van der Waals surface area contributed by atoms with E-state index in [0.29, 0.717) is 34.0 Å². The molecule has 1 amide bonds. The minimum atomic E-state index is -0.619. The lowest BCUT2D eigenvalue weighted by Gasteiger charge is -2.37. The van der Waals surface area contributed by atoms with Crippen LogP contribution in [0.25, 0.3) is 0 Å². The molecule has 0 aromatic heterocycles. The lowest BCUT2D eigenvalue weighted by atomic mass is 9.73. The normalized spacial score (nSPS) is 20.5. The molecule has 4 rings (SSSR count). The van der Waals surface area contributed by atoms with Crippen molar-refractivity contribution in [3.8, 4) is 0 Å². The molecule has 0 bridgehead atoms. The minimum Gasteiger partial charge on any atom is -0.357 e. The fourth-order valence-electron chi connectivity index (χ4n) is 4.35. The summed E-state index contributed by atoms with van der Waals surface area (Å²) in [6.45, 7) is 5.68. The molecule has 0 saturated carbocycles. The van der Waals surface area contributed by atoms with Gasteiger partial charge < -0.3 is 5.32 Å². The van der Waals surface area contributed by atoms with Crippen LogP contribution in [0.1, 0.15) is 45.2 Å². The molecule has 0 spiro atoms. The van der Waals surface area contributed by atoms with Crippen molar-refractivity contribution >= 4 is 46.3 Å². The highest BCUT2D eigenvalue weighted by molar-refractivity contribution is 6.35. The Bertz CT molecular complexity index is 1060. The van der Waals surface area contributed by atoms with Crippen molar-refractivity contribution in [1.29, 1.82) is 0 Å². The fourth-order valence-corrected chi connectivity index (χ4v) is 4.86. The number of fused-ring (bicyclic) bond motifs is 1. The first-order chi connectivity index (χ1) is 13.7. The van der Waals surface area contributed by atoms with E-state index in [1.165, 1.54) is 6.92 Å². The van der Waals surface area contributed by atoms with E-state index in [0.717, 1.165) is 17.1 Å². The number of nitrogens with one attached hydrogen (secondary N) is 1. The summed E-state index contributed by atoms with van der Waals surface area (Å²) in [7, 11) is 0. The van der Waals surface area contributed by atoms with Crippen LogP contribution in [-0.2, 0) is 9.59 Å². The Morgan fingerprint density at radius 3 is 2.55 bits per heavy atom. The van der Waals surface area contributed by atoms with Crippen molar-refractivity contribution in [2.45, 2.75) is 39.7 Å². The molecule has 6 heteroatoms. The van der Waals surface area contributed by atoms with Crippen LogP contribution in [-0.4, -0.2) is 11.7 Å². The predicted molar refractivity (Wildman–Crippen MR) is 117 cm³/mol. The number of carbonyl (C=O) groups is 2. The van der Waals surface area contributed by atoms with E-state index < -0.39 is 6.04 Å². The van der Waals surface area contributed by atoms with E-state index in [-0.39, 0.29) is 17.1 Å². The van der Waals surface area contributed by atoms with Gasteiger partial charge in [0, 0.05) is 34.7 Å². The van der Waals surface area contributed by atoms with E-state index >= 15 is 0 Å². The van der Waals surface area contributed by atoms with Gasteiger partial charge in [0.1, 0.15) is 0 Å². The molecular weight excluding hydrogens is 407 g/mol. The summed E-state index contributed by atoms with van der Waals surface area (Å²) < 4.78 is 0. The zero-order valence-corrected chi connectivity index (χ0v) is 18.1. The molecule has 2 aromatic carbocycles. The van der Waals surface area contributed by atoms with Crippen molar-refractivity contribution in [2.75, 3.05) is 10.2 Å². The second-order valence-electron chi connectivity index (χ2n) is 8.43. The van der Waals surface area contributed by atoms with Crippen molar-refractivity contribution < 1.29 is 9.59 Å². The van der Waals surface area contributed by atoms with Gasteiger partial charge in [-0.05, 0) is 41.7 Å². The quantitative estimate of drug-likeness (QED) is 0.591. The van der Waals surface area contributed by atoms with Gasteiger partial charge in [-0.25, -0.2) is 0 Å². The molecule has 1 aliphatic carbocycles. The molecule has 0 saturated heterocycles.